The quantitative estimate of drug-likeness (QED) is 0.675. The van der Waals surface area contributed by atoms with Crippen LogP contribution in [0, 0.1) is 17.8 Å². The Balaban J connectivity index is 3.22. The van der Waals surface area contributed by atoms with E-state index in [-0.39, 0.29) is 5.92 Å². The van der Waals surface area contributed by atoms with Gasteiger partial charge in [-0.3, -0.25) is 0 Å². The highest BCUT2D eigenvalue weighted by atomic mass is 16.5. The zero-order valence-corrected chi connectivity index (χ0v) is 13.8. The zero-order valence-electron chi connectivity index (χ0n) is 13.8. The predicted octanol–water partition coefficient (Wildman–Crippen LogP) is 4.08. The molecule has 0 fully saturated rings. The van der Waals surface area contributed by atoms with E-state index < -0.39 is 0 Å². The first-order valence-corrected chi connectivity index (χ1v) is 7.64. The van der Waals surface area contributed by atoms with Crippen LogP contribution in [0.15, 0.2) is 12.1 Å². The van der Waals surface area contributed by atoms with Gasteiger partial charge in [-0.2, -0.15) is 0 Å². The minimum atomic E-state index is 0.279. The van der Waals surface area contributed by atoms with E-state index in [1.165, 1.54) is 0 Å². The molecule has 0 saturated carbocycles. The standard InChI is InChI=1S/C18H26O3/c1-6-10-14(5)13-15-11-12-16(19-7-2)18(21-9-4)17(15)20-8-3/h11-12,14H,7-9,13H2,1-5H3. The van der Waals surface area contributed by atoms with Crippen molar-refractivity contribution in [2.75, 3.05) is 19.8 Å². The van der Waals surface area contributed by atoms with Gasteiger partial charge >= 0.3 is 0 Å². The van der Waals surface area contributed by atoms with Gasteiger partial charge in [0.15, 0.2) is 11.5 Å². The van der Waals surface area contributed by atoms with Crippen molar-refractivity contribution in [1.82, 2.24) is 0 Å². The van der Waals surface area contributed by atoms with E-state index in [0.29, 0.717) is 25.6 Å². The molecule has 0 aromatic heterocycles. The summed E-state index contributed by atoms with van der Waals surface area (Å²) in [6.07, 6.45) is 0.836. The first kappa shape index (κ1) is 17.2. The molecular formula is C18H26O3. The molecule has 0 amide bonds. The molecule has 1 unspecified atom stereocenters. The van der Waals surface area contributed by atoms with Gasteiger partial charge in [0.25, 0.3) is 0 Å². The van der Waals surface area contributed by atoms with Crippen LogP contribution in [0.25, 0.3) is 0 Å². The van der Waals surface area contributed by atoms with E-state index in [1.54, 1.807) is 0 Å². The predicted molar refractivity (Wildman–Crippen MR) is 86.3 cm³/mol. The highest BCUT2D eigenvalue weighted by molar-refractivity contribution is 5.56. The molecule has 0 bridgehead atoms. The van der Waals surface area contributed by atoms with Crippen LogP contribution in [0.3, 0.4) is 0 Å². The van der Waals surface area contributed by atoms with Crippen molar-refractivity contribution in [2.24, 2.45) is 5.92 Å². The number of hydrogen-bond donors (Lipinski definition) is 0. The van der Waals surface area contributed by atoms with Crippen molar-refractivity contribution in [1.29, 1.82) is 0 Å². The van der Waals surface area contributed by atoms with Crippen LogP contribution >= 0.6 is 0 Å². The largest absolute Gasteiger partial charge is 0.490 e. The maximum Gasteiger partial charge on any atom is 0.203 e. The van der Waals surface area contributed by atoms with Gasteiger partial charge in [-0.25, -0.2) is 0 Å². The van der Waals surface area contributed by atoms with Crippen LogP contribution in [0.5, 0.6) is 17.2 Å². The topological polar surface area (TPSA) is 27.7 Å². The molecule has 21 heavy (non-hydrogen) atoms. The smallest absolute Gasteiger partial charge is 0.203 e. The molecule has 0 aliphatic carbocycles. The first-order valence-electron chi connectivity index (χ1n) is 7.64. The molecular weight excluding hydrogens is 264 g/mol. The molecule has 3 heteroatoms. The second-order valence-corrected chi connectivity index (χ2v) is 4.68. The van der Waals surface area contributed by atoms with Crippen molar-refractivity contribution in [2.45, 2.75) is 41.0 Å². The van der Waals surface area contributed by atoms with Crippen molar-refractivity contribution < 1.29 is 14.2 Å². The second kappa shape index (κ2) is 9.18. The summed E-state index contributed by atoms with van der Waals surface area (Å²) in [4.78, 5) is 0. The van der Waals surface area contributed by atoms with E-state index in [4.69, 9.17) is 14.2 Å². The van der Waals surface area contributed by atoms with Crippen molar-refractivity contribution >= 4 is 0 Å². The molecule has 1 aromatic rings. The van der Waals surface area contributed by atoms with Gasteiger partial charge in [-0.15, -0.1) is 11.8 Å². The molecule has 1 atom stereocenters. The number of benzene rings is 1. The average molecular weight is 290 g/mol. The van der Waals surface area contributed by atoms with Crippen LogP contribution in [0.2, 0.25) is 0 Å². The lowest BCUT2D eigenvalue weighted by molar-refractivity contribution is 0.259. The van der Waals surface area contributed by atoms with Crippen LogP contribution in [-0.2, 0) is 6.42 Å². The Kier molecular flexibility index (Phi) is 7.53. The van der Waals surface area contributed by atoms with Crippen LogP contribution in [0.4, 0.5) is 0 Å². The van der Waals surface area contributed by atoms with Crippen molar-refractivity contribution in [3.8, 4) is 29.1 Å². The fraction of sp³-hybridized carbons (Fsp3) is 0.556. The third-order valence-electron chi connectivity index (χ3n) is 2.95. The Labute approximate surface area is 128 Å². The van der Waals surface area contributed by atoms with Gasteiger partial charge in [0.2, 0.25) is 5.75 Å². The molecule has 0 heterocycles. The highest BCUT2D eigenvalue weighted by Crippen LogP contribution is 2.41. The SMILES string of the molecule is CC#CC(C)Cc1ccc(OCC)c(OCC)c1OCC. The maximum absolute atomic E-state index is 5.83. The van der Waals surface area contributed by atoms with Gasteiger partial charge in [-0.05, 0) is 45.7 Å². The van der Waals surface area contributed by atoms with Crippen LogP contribution in [-0.4, -0.2) is 19.8 Å². The average Bonchev–Trinajstić information content (AvgIpc) is 2.45. The van der Waals surface area contributed by atoms with E-state index in [2.05, 4.69) is 18.8 Å². The second-order valence-electron chi connectivity index (χ2n) is 4.68. The Hall–Kier alpha value is -1.82. The summed E-state index contributed by atoms with van der Waals surface area (Å²) in [5.41, 5.74) is 1.11. The van der Waals surface area contributed by atoms with E-state index in [9.17, 15) is 0 Å². The Bertz CT molecular complexity index is 497. The summed E-state index contributed by atoms with van der Waals surface area (Å²) in [7, 11) is 0. The molecule has 116 valence electrons. The molecule has 0 aliphatic rings. The monoisotopic (exact) mass is 290 g/mol. The number of ether oxygens (including phenoxy) is 3. The lowest BCUT2D eigenvalue weighted by atomic mass is 10.00. The van der Waals surface area contributed by atoms with Gasteiger partial charge in [0.05, 0.1) is 19.8 Å². The summed E-state index contributed by atoms with van der Waals surface area (Å²) >= 11 is 0. The lowest BCUT2D eigenvalue weighted by Gasteiger charge is -2.19. The van der Waals surface area contributed by atoms with Crippen LogP contribution < -0.4 is 14.2 Å². The molecule has 0 saturated heterocycles. The normalized spacial score (nSPS) is 11.3. The molecule has 0 spiro atoms. The minimum absolute atomic E-state index is 0.279. The van der Waals surface area contributed by atoms with Crippen molar-refractivity contribution in [3.63, 3.8) is 0 Å². The number of hydrogen-bond acceptors (Lipinski definition) is 3. The van der Waals surface area contributed by atoms with Gasteiger partial charge in [0.1, 0.15) is 0 Å². The fourth-order valence-corrected chi connectivity index (χ4v) is 2.23. The fourth-order valence-electron chi connectivity index (χ4n) is 2.23. The molecule has 1 aromatic carbocycles. The van der Waals surface area contributed by atoms with Crippen LogP contribution in [0.1, 0.15) is 40.2 Å². The third-order valence-corrected chi connectivity index (χ3v) is 2.95. The molecule has 0 radical (unpaired) electrons. The number of rotatable bonds is 8. The Morgan fingerprint density at radius 1 is 0.952 bits per heavy atom. The Morgan fingerprint density at radius 3 is 2.14 bits per heavy atom. The van der Waals surface area contributed by atoms with E-state index in [0.717, 1.165) is 23.5 Å². The minimum Gasteiger partial charge on any atom is -0.490 e. The lowest BCUT2D eigenvalue weighted by Crippen LogP contribution is -2.06. The third kappa shape index (κ3) is 4.90. The summed E-state index contributed by atoms with van der Waals surface area (Å²) < 4.78 is 17.3. The highest BCUT2D eigenvalue weighted by Gasteiger charge is 2.18. The Morgan fingerprint density at radius 2 is 1.57 bits per heavy atom. The van der Waals surface area contributed by atoms with Crippen molar-refractivity contribution in [3.05, 3.63) is 17.7 Å². The maximum atomic E-state index is 5.83. The summed E-state index contributed by atoms with van der Waals surface area (Å²) in [5, 5.41) is 0. The van der Waals surface area contributed by atoms with Gasteiger partial charge < -0.3 is 14.2 Å². The zero-order chi connectivity index (χ0) is 15.7. The first-order chi connectivity index (χ1) is 10.2. The molecule has 3 nitrogen and oxygen atoms in total. The molecule has 0 N–H and O–H groups in total. The summed E-state index contributed by atoms with van der Waals surface area (Å²) in [6.45, 7) is 11.6. The van der Waals surface area contributed by atoms with E-state index >= 15 is 0 Å². The molecule has 1 rings (SSSR count). The summed E-state index contributed by atoms with van der Waals surface area (Å²) in [5.74, 6) is 8.65. The van der Waals surface area contributed by atoms with Gasteiger partial charge in [-0.1, -0.05) is 13.0 Å². The van der Waals surface area contributed by atoms with E-state index in [1.807, 2.05) is 39.8 Å². The summed E-state index contributed by atoms with van der Waals surface area (Å²) in [6, 6.07) is 4.00. The molecule has 0 aliphatic heterocycles. The van der Waals surface area contributed by atoms with Gasteiger partial charge in [0, 0.05) is 5.92 Å².